The van der Waals surface area contributed by atoms with Gasteiger partial charge < -0.3 is 11.1 Å². The Hall–Kier alpha value is -4.83. The van der Waals surface area contributed by atoms with Crippen molar-refractivity contribution in [2.75, 3.05) is 5.73 Å². The molecule has 0 fully saturated rings. The summed E-state index contributed by atoms with van der Waals surface area (Å²) < 4.78 is 3.11. The van der Waals surface area contributed by atoms with Gasteiger partial charge >= 0.3 is 0 Å². The highest BCUT2D eigenvalue weighted by Gasteiger charge is 2.24. The van der Waals surface area contributed by atoms with Crippen LogP contribution in [0.25, 0.3) is 32.5 Å². The summed E-state index contributed by atoms with van der Waals surface area (Å²) in [5.74, 6) is -0.346. The first kappa shape index (κ1) is 22.6. The smallest absolute Gasteiger partial charge is 0.263 e. The Balaban J connectivity index is 1.51. The lowest BCUT2D eigenvalue weighted by molar-refractivity contribution is 0.0941. The summed E-state index contributed by atoms with van der Waals surface area (Å²) >= 11 is 1.48. The number of anilines is 1. The number of amides is 1. The molecule has 182 valence electrons. The minimum atomic E-state index is -0.546. The molecule has 6 rings (SSSR count). The molecule has 0 aliphatic heterocycles. The Morgan fingerprint density at radius 2 is 1.95 bits per heavy atom. The highest BCUT2D eigenvalue weighted by atomic mass is 32.1. The average molecular weight is 508 g/mol. The Morgan fingerprint density at radius 1 is 1.11 bits per heavy atom. The van der Waals surface area contributed by atoms with Crippen molar-refractivity contribution in [3.63, 3.8) is 0 Å². The summed E-state index contributed by atoms with van der Waals surface area (Å²) in [4.78, 5) is 36.8. The number of rotatable bonds is 5. The lowest BCUT2D eigenvalue weighted by Crippen LogP contribution is -2.32. The van der Waals surface area contributed by atoms with Gasteiger partial charge in [0.15, 0.2) is 11.5 Å². The highest BCUT2D eigenvalue weighted by molar-refractivity contribution is 7.13. The number of carbonyl (C=O) groups excluding carboxylic acids is 1. The zero-order valence-corrected chi connectivity index (χ0v) is 20.5. The van der Waals surface area contributed by atoms with Crippen molar-refractivity contribution >= 4 is 39.5 Å². The number of carbonyl (C=O) groups is 1. The van der Waals surface area contributed by atoms with Crippen LogP contribution in [0.4, 0.5) is 5.82 Å². The third-order valence-corrected chi connectivity index (χ3v) is 7.03. The van der Waals surface area contributed by atoms with Gasteiger partial charge in [0.2, 0.25) is 0 Å². The van der Waals surface area contributed by atoms with Gasteiger partial charge in [-0.2, -0.15) is 0 Å². The van der Waals surface area contributed by atoms with Crippen LogP contribution in [0.15, 0.2) is 89.6 Å². The minimum absolute atomic E-state index is 0.0801. The third kappa shape index (κ3) is 3.83. The van der Waals surface area contributed by atoms with E-state index in [0.717, 1.165) is 15.8 Å². The number of benzene rings is 2. The van der Waals surface area contributed by atoms with E-state index in [0.29, 0.717) is 22.4 Å². The average Bonchev–Trinajstić information content (AvgIpc) is 3.56. The number of nitrogens with zero attached hydrogens (tertiary/aromatic N) is 5. The number of pyridine rings is 1. The van der Waals surface area contributed by atoms with Crippen LogP contribution in [0.3, 0.4) is 0 Å². The molecule has 4 aromatic heterocycles. The van der Waals surface area contributed by atoms with E-state index in [-0.39, 0.29) is 16.9 Å². The molecule has 6 aromatic rings. The van der Waals surface area contributed by atoms with Crippen molar-refractivity contribution in [2.45, 2.75) is 13.0 Å². The molecule has 1 amide bonds. The molecule has 37 heavy (non-hydrogen) atoms. The van der Waals surface area contributed by atoms with Gasteiger partial charge in [0.1, 0.15) is 5.56 Å². The Morgan fingerprint density at radius 3 is 2.73 bits per heavy atom. The largest absolute Gasteiger partial charge is 0.381 e. The zero-order chi connectivity index (χ0) is 25.5. The van der Waals surface area contributed by atoms with Crippen LogP contribution in [0.1, 0.15) is 29.0 Å². The van der Waals surface area contributed by atoms with Gasteiger partial charge in [-0.15, -0.1) is 16.4 Å². The molecule has 2 aromatic carbocycles. The second kappa shape index (κ2) is 8.99. The second-order valence-corrected chi connectivity index (χ2v) is 9.41. The molecule has 3 N–H and O–H groups in total. The molecule has 10 heteroatoms. The first-order chi connectivity index (χ1) is 18.0. The molecular formula is C27H21N7O2S. The third-order valence-electron chi connectivity index (χ3n) is 6.23. The lowest BCUT2D eigenvalue weighted by atomic mass is 10.0. The van der Waals surface area contributed by atoms with Crippen molar-refractivity contribution in [3.05, 3.63) is 106 Å². The summed E-state index contributed by atoms with van der Waals surface area (Å²) in [6.07, 6.45) is 5.01. The second-order valence-electron chi connectivity index (χ2n) is 8.52. The molecule has 0 aliphatic carbocycles. The van der Waals surface area contributed by atoms with Crippen LogP contribution in [0.2, 0.25) is 0 Å². The predicted octanol–water partition coefficient (Wildman–Crippen LogP) is 4.23. The molecule has 0 radical (unpaired) electrons. The van der Waals surface area contributed by atoms with E-state index in [2.05, 4.69) is 20.4 Å². The van der Waals surface area contributed by atoms with Crippen LogP contribution in [0.5, 0.6) is 0 Å². The van der Waals surface area contributed by atoms with Gasteiger partial charge in [-0.25, -0.2) is 9.50 Å². The molecule has 0 saturated carbocycles. The van der Waals surface area contributed by atoms with Crippen LogP contribution < -0.4 is 16.6 Å². The summed E-state index contributed by atoms with van der Waals surface area (Å²) in [5, 5.41) is 8.54. The standard InChI is InChI=1S/C27H21N7O2S/c1-16(31-26(35)23-24(28)32-33-12-6-11-30-25(23)33)20-13-17-7-5-10-19(21-14-29-15-37-21)22(17)27(36)34(20)18-8-3-2-4-9-18/h2-16H,1H3,(H2,28,32)(H,31,35). The predicted molar refractivity (Wildman–Crippen MR) is 144 cm³/mol. The van der Waals surface area contributed by atoms with E-state index in [1.54, 1.807) is 34.7 Å². The molecule has 9 nitrogen and oxygen atoms in total. The van der Waals surface area contributed by atoms with E-state index in [4.69, 9.17) is 5.73 Å². The van der Waals surface area contributed by atoms with Crippen LogP contribution in [0, 0.1) is 0 Å². The van der Waals surface area contributed by atoms with Gasteiger partial charge in [0, 0.05) is 35.5 Å². The SMILES string of the molecule is CC(NC(=O)c1c(N)nn2cccnc12)c1cc2cccc(-c3cncs3)c2c(=O)n1-c1ccccc1. The number of nitrogens with one attached hydrogen (secondary N) is 1. The van der Waals surface area contributed by atoms with Crippen LogP contribution in [-0.4, -0.2) is 30.1 Å². The van der Waals surface area contributed by atoms with E-state index in [1.165, 1.54) is 15.9 Å². The molecule has 0 aliphatic rings. The monoisotopic (exact) mass is 507 g/mol. The normalized spacial score (nSPS) is 12.1. The van der Waals surface area contributed by atoms with Crippen molar-refractivity contribution in [3.8, 4) is 16.1 Å². The van der Waals surface area contributed by atoms with Crippen molar-refractivity contribution < 1.29 is 4.79 Å². The maximum atomic E-state index is 14.1. The van der Waals surface area contributed by atoms with E-state index in [1.807, 2.05) is 61.5 Å². The minimum Gasteiger partial charge on any atom is -0.381 e. The number of nitrogen functional groups attached to an aromatic ring is 1. The van der Waals surface area contributed by atoms with E-state index >= 15 is 0 Å². The fraction of sp³-hybridized carbons (Fsp3) is 0.0741. The lowest BCUT2D eigenvalue weighted by Gasteiger charge is -2.21. The van der Waals surface area contributed by atoms with Gasteiger partial charge in [-0.1, -0.05) is 36.4 Å². The number of nitrogens with two attached hydrogens (primary N) is 1. The van der Waals surface area contributed by atoms with Crippen LogP contribution >= 0.6 is 11.3 Å². The van der Waals surface area contributed by atoms with Gasteiger partial charge in [-0.3, -0.25) is 19.1 Å². The van der Waals surface area contributed by atoms with Crippen molar-refractivity contribution in [1.82, 2.24) is 29.5 Å². The summed E-state index contributed by atoms with van der Waals surface area (Å²) in [7, 11) is 0. The fourth-order valence-corrected chi connectivity index (χ4v) is 5.22. The van der Waals surface area contributed by atoms with Crippen molar-refractivity contribution in [2.24, 2.45) is 0 Å². The quantitative estimate of drug-likeness (QED) is 0.360. The molecule has 1 atom stereocenters. The van der Waals surface area contributed by atoms with Crippen LogP contribution in [-0.2, 0) is 0 Å². The molecule has 1 unspecified atom stereocenters. The molecule has 0 saturated heterocycles. The molecule has 0 spiro atoms. The summed E-state index contributed by atoms with van der Waals surface area (Å²) in [6, 6.07) is 18.2. The Bertz CT molecular complexity index is 1830. The zero-order valence-electron chi connectivity index (χ0n) is 19.7. The number of fused-ring (bicyclic) bond motifs is 2. The molecular weight excluding hydrogens is 486 g/mol. The fourth-order valence-electron chi connectivity index (χ4n) is 4.56. The highest BCUT2D eigenvalue weighted by Crippen LogP contribution is 2.31. The Kier molecular flexibility index (Phi) is 5.50. The van der Waals surface area contributed by atoms with E-state index < -0.39 is 11.9 Å². The maximum Gasteiger partial charge on any atom is 0.263 e. The summed E-state index contributed by atoms with van der Waals surface area (Å²) in [6.45, 7) is 1.83. The van der Waals surface area contributed by atoms with E-state index in [9.17, 15) is 9.59 Å². The number of thiazole rings is 1. The number of aromatic nitrogens is 5. The molecule has 4 heterocycles. The van der Waals surface area contributed by atoms with Gasteiger partial charge in [0.25, 0.3) is 11.5 Å². The van der Waals surface area contributed by atoms with Gasteiger partial charge in [0.05, 0.1) is 21.8 Å². The number of hydrogen-bond donors (Lipinski definition) is 2. The first-order valence-corrected chi connectivity index (χ1v) is 12.4. The maximum absolute atomic E-state index is 14.1. The first-order valence-electron chi connectivity index (χ1n) is 11.6. The molecule has 0 bridgehead atoms. The topological polar surface area (TPSA) is 120 Å². The Labute approximate surface area is 214 Å². The summed E-state index contributed by atoms with van der Waals surface area (Å²) in [5.41, 5.74) is 10.3. The van der Waals surface area contributed by atoms with Crippen molar-refractivity contribution in [1.29, 1.82) is 0 Å². The number of hydrogen-bond acceptors (Lipinski definition) is 7. The number of para-hydroxylation sites is 1. The van der Waals surface area contributed by atoms with Gasteiger partial charge in [-0.05, 0) is 36.6 Å².